The van der Waals surface area contributed by atoms with Crippen molar-refractivity contribution in [3.63, 3.8) is 0 Å². The molecule has 3 heterocycles. The van der Waals surface area contributed by atoms with Crippen LogP contribution < -0.4 is 10.6 Å². The van der Waals surface area contributed by atoms with Gasteiger partial charge < -0.3 is 10.6 Å². The van der Waals surface area contributed by atoms with Gasteiger partial charge in [-0.15, -0.1) is 35.3 Å². The number of rotatable bonds is 7. The van der Waals surface area contributed by atoms with Gasteiger partial charge in [0.25, 0.3) is 0 Å². The molecule has 3 rings (SSSR count). The molecule has 1 fully saturated rings. The molecule has 0 unspecified atom stereocenters. The third-order valence-corrected chi connectivity index (χ3v) is 6.59. The van der Waals surface area contributed by atoms with Crippen LogP contribution in [0.25, 0.3) is 0 Å². The second-order valence-electron chi connectivity index (χ2n) is 6.74. The molecule has 0 aromatic carbocycles. The van der Waals surface area contributed by atoms with Crippen LogP contribution in [0.15, 0.2) is 27.2 Å². The van der Waals surface area contributed by atoms with E-state index in [9.17, 15) is 0 Å². The SMILES string of the molecule is CCc1nc(CN2CCC(CNC(=NC)NCc3ccsc3)CC2)cs1.I. The summed E-state index contributed by atoms with van der Waals surface area (Å²) in [5, 5.41) is 14.6. The molecule has 1 saturated heterocycles. The number of aryl methyl sites for hydroxylation is 1. The number of nitrogens with zero attached hydrogens (tertiary/aromatic N) is 3. The lowest BCUT2D eigenvalue weighted by molar-refractivity contribution is 0.176. The average Bonchev–Trinajstić information content (AvgIpc) is 3.35. The van der Waals surface area contributed by atoms with Crippen LogP contribution in [-0.4, -0.2) is 42.5 Å². The van der Waals surface area contributed by atoms with Crippen LogP contribution in [0, 0.1) is 5.92 Å². The zero-order valence-electron chi connectivity index (χ0n) is 16.1. The van der Waals surface area contributed by atoms with E-state index in [1.807, 2.05) is 7.05 Å². The third-order valence-electron chi connectivity index (χ3n) is 4.82. The number of piperidine rings is 1. The molecule has 0 atom stereocenters. The van der Waals surface area contributed by atoms with Gasteiger partial charge in [-0.3, -0.25) is 9.89 Å². The number of aromatic nitrogens is 1. The zero-order chi connectivity index (χ0) is 18.2. The second-order valence-corrected chi connectivity index (χ2v) is 8.47. The van der Waals surface area contributed by atoms with Crippen molar-refractivity contribution in [1.29, 1.82) is 0 Å². The van der Waals surface area contributed by atoms with Gasteiger partial charge in [-0.2, -0.15) is 11.3 Å². The molecule has 5 nitrogen and oxygen atoms in total. The molecule has 8 heteroatoms. The molecule has 0 bridgehead atoms. The molecular weight excluding hydrogens is 489 g/mol. The van der Waals surface area contributed by atoms with Gasteiger partial charge in [0.1, 0.15) is 0 Å². The number of hydrogen-bond donors (Lipinski definition) is 2. The molecule has 27 heavy (non-hydrogen) atoms. The van der Waals surface area contributed by atoms with Crippen LogP contribution in [0.3, 0.4) is 0 Å². The number of aliphatic imine (C=N–C) groups is 1. The third kappa shape index (κ3) is 7.32. The summed E-state index contributed by atoms with van der Waals surface area (Å²) in [6, 6.07) is 2.15. The highest BCUT2D eigenvalue weighted by molar-refractivity contribution is 14.0. The van der Waals surface area contributed by atoms with Gasteiger partial charge >= 0.3 is 0 Å². The lowest BCUT2D eigenvalue weighted by atomic mass is 9.97. The van der Waals surface area contributed by atoms with E-state index in [2.05, 4.69) is 49.7 Å². The molecule has 0 radical (unpaired) electrons. The summed E-state index contributed by atoms with van der Waals surface area (Å²) >= 11 is 3.52. The lowest BCUT2D eigenvalue weighted by Crippen LogP contribution is -2.42. The summed E-state index contributed by atoms with van der Waals surface area (Å²) in [7, 11) is 1.84. The summed E-state index contributed by atoms with van der Waals surface area (Å²) in [4.78, 5) is 11.6. The Balaban J connectivity index is 0.00000261. The summed E-state index contributed by atoms with van der Waals surface area (Å²) in [5.41, 5.74) is 2.54. The van der Waals surface area contributed by atoms with Crippen LogP contribution in [-0.2, 0) is 19.5 Å². The molecule has 2 aromatic heterocycles. The van der Waals surface area contributed by atoms with Crippen molar-refractivity contribution in [2.45, 2.75) is 39.3 Å². The quantitative estimate of drug-likeness (QED) is 0.331. The van der Waals surface area contributed by atoms with Gasteiger partial charge in [0, 0.05) is 32.1 Å². The Morgan fingerprint density at radius 3 is 2.74 bits per heavy atom. The maximum atomic E-state index is 4.70. The van der Waals surface area contributed by atoms with E-state index in [4.69, 9.17) is 4.98 Å². The van der Waals surface area contributed by atoms with Crippen molar-refractivity contribution in [2.24, 2.45) is 10.9 Å². The van der Waals surface area contributed by atoms with E-state index in [-0.39, 0.29) is 24.0 Å². The first-order valence-corrected chi connectivity index (χ1v) is 11.2. The molecule has 0 aliphatic carbocycles. The van der Waals surface area contributed by atoms with E-state index in [1.165, 1.54) is 29.1 Å². The van der Waals surface area contributed by atoms with Crippen LogP contribution in [0.4, 0.5) is 0 Å². The van der Waals surface area contributed by atoms with Gasteiger partial charge in [-0.1, -0.05) is 6.92 Å². The molecule has 0 spiro atoms. The highest BCUT2D eigenvalue weighted by Crippen LogP contribution is 2.19. The Morgan fingerprint density at radius 2 is 2.11 bits per heavy atom. The maximum Gasteiger partial charge on any atom is 0.191 e. The fourth-order valence-corrected chi connectivity index (χ4v) is 4.61. The Kier molecular flexibility index (Phi) is 10.0. The summed E-state index contributed by atoms with van der Waals surface area (Å²) in [6.07, 6.45) is 3.51. The smallest absolute Gasteiger partial charge is 0.191 e. The van der Waals surface area contributed by atoms with E-state index < -0.39 is 0 Å². The first kappa shape index (κ1) is 22.6. The largest absolute Gasteiger partial charge is 0.356 e. The minimum atomic E-state index is 0. The highest BCUT2D eigenvalue weighted by atomic mass is 127. The van der Waals surface area contributed by atoms with Crippen molar-refractivity contribution >= 4 is 52.6 Å². The number of halogens is 1. The summed E-state index contributed by atoms with van der Waals surface area (Å²) in [6.45, 7) is 7.31. The predicted molar refractivity (Wildman–Crippen MR) is 127 cm³/mol. The maximum absolute atomic E-state index is 4.70. The Morgan fingerprint density at radius 1 is 1.30 bits per heavy atom. The van der Waals surface area contributed by atoms with E-state index in [1.54, 1.807) is 22.7 Å². The van der Waals surface area contributed by atoms with Crippen molar-refractivity contribution in [1.82, 2.24) is 20.5 Å². The normalized spacial score (nSPS) is 16.1. The van der Waals surface area contributed by atoms with E-state index in [0.29, 0.717) is 5.92 Å². The second kappa shape index (κ2) is 12.0. The number of hydrogen-bond acceptors (Lipinski definition) is 5. The molecule has 150 valence electrons. The topological polar surface area (TPSA) is 52.6 Å². The summed E-state index contributed by atoms with van der Waals surface area (Å²) in [5.74, 6) is 1.61. The number of likely N-dealkylation sites (tertiary alicyclic amines) is 1. The first-order valence-electron chi connectivity index (χ1n) is 9.38. The number of guanidine groups is 1. The minimum absolute atomic E-state index is 0. The van der Waals surface area contributed by atoms with Crippen LogP contribution >= 0.6 is 46.7 Å². The van der Waals surface area contributed by atoms with Crippen LogP contribution in [0.2, 0.25) is 0 Å². The van der Waals surface area contributed by atoms with Crippen LogP contribution in [0.5, 0.6) is 0 Å². The Labute approximate surface area is 187 Å². The lowest BCUT2D eigenvalue weighted by Gasteiger charge is -2.31. The van der Waals surface area contributed by atoms with Crippen molar-refractivity contribution in [3.8, 4) is 0 Å². The van der Waals surface area contributed by atoms with Crippen molar-refractivity contribution in [3.05, 3.63) is 38.5 Å². The molecule has 0 saturated carbocycles. The average molecular weight is 520 g/mol. The van der Waals surface area contributed by atoms with Crippen molar-refractivity contribution in [2.75, 3.05) is 26.7 Å². The van der Waals surface area contributed by atoms with Crippen LogP contribution in [0.1, 0.15) is 36.0 Å². The standard InChI is InChI=1S/C19H29N5S2.HI/c1-3-18-23-17(14-26-18)12-24-7-4-15(5-8-24)10-21-19(20-2)22-11-16-6-9-25-13-16;/h6,9,13-15H,3-5,7-8,10-12H2,1-2H3,(H2,20,21,22);1H. The van der Waals surface area contributed by atoms with Gasteiger partial charge in [0.15, 0.2) is 5.96 Å². The molecular formula is C19H30IN5S2. The van der Waals surface area contributed by atoms with E-state index >= 15 is 0 Å². The van der Waals surface area contributed by atoms with Gasteiger partial charge in [-0.25, -0.2) is 4.98 Å². The highest BCUT2D eigenvalue weighted by Gasteiger charge is 2.20. The zero-order valence-corrected chi connectivity index (χ0v) is 20.1. The van der Waals surface area contributed by atoms with Gasteiger partial charge in [0.05, 0.1) is 10.7 Å². The van der Waals surface area contributed by atoms with Gasteiger partial charge in [-0.05, 0) is 60.7 Å². The number of nitrogens with one attached hydrogen (secondary N) is 2. The molecule has 2 N–H and O–H groups in total. The summed E-state index contributed by atoms with van der Waals surface area (Å²) < 4.78 is 0. The monoisotopic (exact) mass is 519 g/mol. The molecule has 1 aliphatic rings. The fourth-order valence-electron chi connectivity index (χ4n) is 3.20. The Bertz CT molecular complexity index is 678. The Hall–Kier alpha value is -0.710. The number of thiophene rings is 1. The molecule has 1 aliphatic heterocycles. The van der Waals surface area contributed by atoms with E-state index in [0.717, 1.165) is 45.1 Å². The molecule has 0 amide bonds. The predicted octanol–water partition coefficient (Wildman–Crippen LogP) is 3.96. The minimum Gasteiger partial charge on any atom is -0.356 e. The number of thiazole rings is 1. The molecule has 2 aromatic rings. The van der Waals surface area contributed by atoms with Gasteiger partial charge in [0.2, 0.25) is 0 Å². The van der Waals surface area contributed by atoms with Crippen molar-refractivity contribution < 1.29 is 0 Å². The first-order chi connectivity index (χ1) is 12.8. The fraction of sp³-hybridized carbons (Fsp3) is 0.579.